The monoisotopic (exact) mass is 363 g/mol. The Hall–Kier alpha value is -3.10. The smallest absolute Gasteiger partial charge is 0.320 e. The molecule has 0 saturated heterocycles. The van der Waals surface area contributed by atoms with Crippen LogP contribution in [0.25, 0.3) is 11.1 Å². The fourth-order valence-corrected chi connectivity index (χ4v) is 3.41. The summed E-state index contributed by atoms with van der Waals surface area (Å²) in [6.45, 7) is 0.0498. The van der Waals surface area contributed by atoms with E-state index in [1.807, 2.05) is 36.4 Å². The first-order valence-electron chi connectivity index (χ1n) is 8.85. The highest BCUT2D eigenvalue weighted by molar-refractivity contribution is 5.79. The fraction of sp³-hybridized carbons (Fsp3) is 0.273. The minimum atomic E-state index is -1.03. The van der Waals surface area contributed by atoms with Gasteiger partial charge in [0.2, 0.25) is 0 Å². The summed E-state index contributed by atoms with van der Waals surface area (Å²) in [6.07, 6.45) is 5.76. The van der Waals surface area contributed by atoms with Crippen LogP contribution in [0.2, 0.25) is 0 Å². The van der Waals surface area contributed by atoms with E-state index in [2.05, 4.69) is 23.4 Å². The van der Waals surface area contributed by atoms with Gasteiger partial charge in [0.15, 0.2) is 0 Å². The third kappa shape index (κ3) is 4.18. The molecule has 0 aliphatic heterocycles. The van der Waals surface area contributed by atoms with Crippen molar-refractivity contribution in [2.45, 2.75) is 24.8 Å². The quantitative estimate of drug-likeness (QED) is 0.557. The van der Waals surface area contributed by atoms with Crippen molar-refractivity contribution >= 4 is 11.9 Å². The minimum Gasteiger partial charge on any atom is -0.480 e. The van der Waals surface area contributed by atoms with E-state index in [4.69, 9.17) is 16.3 Å². The molecule has 1 aliphatic rings. The van der Waals surface area contributed by atoms with Gasteiger partial charge in [-0.3, -0.25) is 14.9 Å². The molecule has 0 unspecified atom stereocenters. The Bertz CT molecular complexity index is 838. The number of aliphatic carboxylic acids is 1. The molecule has 0 bridgehead atoms. The summed E-state index contributed by atoms with van der Waals surface area (Å²) in [6, 6.07) is 15.3. The number of nitrogens with one attached hydrogen (secondary N) is 1. The van der Waals surface area contributed by atoms with Crippen LogP contribution in [0.5, 0.6) is 0 Å². The van der Waals surface area contributed by atoms with Gasteiger partial charge in [0.1, 0.15) is 12.6 Å². The van der Waals surface area contributed by atoms with Crippen molar-refractivity contribution in [3.8, 4) is 23.5 Å². The molecule has 0 fully saturated rings. The summed E-state index contributed by atoms with van der Waals surface area (Å²) in [5, 5.41) is 11.8. The molecule has 2 aromatic carbocycles. The first-order valence-corrected chi connectivity index (χ1v) is 8.85. The zero-order chi connectivity index (χ0) is 19.2. The van der Waals surface area contributed by atoms with Crippen molar-refractivity contribution < 1.29 is 19.4 Å². The number of ether oxygens (including phenoxy) is 1. The van der Waals surface area contributed by atoms with Crippen LogP contribution in [-0.4, -0.2) is 36.2 Å². The summed E-state index contributed by atoms with van der Waals surface area (Å²) >= 11 is 0. The number of hydrogen-bond donors (Lipinski definition) is 2. The Balaban J connectivity index is 1.61. The molecule has 0 radical (unpaired) electrons. The molecule has 0 heterocycles. The van der Waals surface area contributed by atoms with Crippen LogP contribution in [0.4, 0.5) is 0 Å². The van der Waals surface area contributed by atoms with E-state index < -0.39 is 18.0 Å². The number of esters is 1. The maximum Gasteiger partial charge on any atom is 0.320 e. The van der Waals surface area contributed by atoms with Gasteiger partial charge < -0.3 is 9.84 Å². The standard InChI is InChI=1S/C22H21NO4/c1-2-3-12-20(22(25)26)23-13-21(24)27-14-19-17-10-6-4-8-15(17)16-9-5-7-11-18(16)19/h1,4-11,19-20,23H,3,12-14H2,(H,25,26)/t20-/m0/s1. The lowest BCUT2D eigenvalue weighted by Crippen LogP contribution is -2.40. The number of terminal acetylenes is 1. The Morgan fingerprint density at radius 1 is 1.11 bits per heavy atom. The molecular weight excluding hydrogens is 342 g/mol. The Morgan fingerprint density at radius 2 is 1.70 bits per heavy atom. The molecule has 27 heavy (non-hydrogen) atoms. The molecule has 1 atom stereocenters. The van der Waals surface area contributed by atoms with Gasteiger partial charge in [0, 0.05) is 12.3 Å². The van der Waals surface area contributed by atoms with Crippen LogP contribution >= 0.6 is 0 Å². The van der Waals surface area contributed by atoms with Crippen molar-refractivity contribution in [2.24, 2.45) is 0 Å². The van der Waals surface area contributed by atoms with E-state index in [9.17, 15) is 9.59 Å². The number of carboxylic acid groups (broad SMARTS) is 1. The van der Waals surface area contributed by atoms with Gasteiger partial charge in [-0.15, -0.1) is 12.3 Å². The van der Waals surface area contributed by atoms with Gasteiger partial charge in [-0.1, -0.05) is 48.5 Å². The highest BCUT2D eigenvalue weighted by Gasteiger charge is 2.29. The van der Waals surface area contributed by atoms with Gasteiger partial charge >= 0.3 is 11.9 Å². The number of carboxylic acids is 1. The van der Waals surface area contributed by atoms with Crippen LogP contribution < -0.4 is 5.32 Å². The van der Waals surface area contributed by atoms with E-state index >= 15 is 0 Å². The molecule has 138 valence electrons. The first-order chi connectivity index (χ1) is 13.1. The molecule has 1 aliphatic carbocycles. The lowest BCUT2D eigenvalue weighted by Gasteiger charge is -2.16. The highest BCUT2D eigenvalue weighted by Crippen LogP contribution is 2.44. The predicted octanol–water partition coefficient (Wildman–Crippen LogP) is 2.80. The zero-order valence-electron chi connectivity index (χ0n) is 14.9. The number of carbonyl (C=O) groups is 2. The normalized spacial score (nSPS) is 13.3. The molecule has 0 spiro atoms. The minimum absolute atomic E-state index is 0.0157. The van der Waals surface area contributed by atoms with Crippen molar-refractivity contribution in [1.29, 1.82) is 0 Å². The topological polar surface area (TPSA) is 75.6 Å². The lowest BCUT2D eigenvalue weighted by atomic mass is 9.98. The van der Waals surface area contributed by atoms with E-state index in [1.54, 1.807) is 0 Å². The van der Waals surface area contributed by atoms with Crippen molar-refractivity contribution in [3.63, 3.8) is 0 Å². The second-order valence-corrected chi connectivity index (χ2v) is 6.42. The van der Waals surface area contributed by atoms with E-state index in [0.717, 1.165) is 22.3 Å². The zero-order valence-corrected chi connectivity index (χ0v) is 14.9. The number of hydrogen-bond acceptors (Lipinski definition) is 4. The third-order valence-electron chi connectivity index (χ3n) is 4.74. The summed E-state index contributed by atoms with van der Waals surface area (Å²) in [7, 11) is 0. The Kier molecular flexibility index (Phi) is 5.90. The molecule has 2 aromatic rings. The molecular formula is C22H21NO4. The van der Waals surface area contributed by atoms with Crippen LogP contribution in [-0.2, 0) is 14.3 Å². The molecule has 2 N–H and O–H groups in total. The molecule has 5 nitrogen and oxygen atoms in total. The lowest BCUT2D eigenvalue weighted by molar-refractivity contribution is -0.144. The van der Waals surface area contributed by atoms with E-state index in [-0.39, 0.29) is 25.5 Å². The Morgan fingerprint density at radius 3 is 2.26 bits per heavy atom. The molecule has 0 aromatic heterocycles. The van der Waals surface area contributed by atoms with Crippen LogP contribution in [0, 0.1) is 12.3 Å². The third-order valence-corrected chi connectivity index (χ3v) is 4.74. The number of benzene rings is 2. The van der Waals surface area contributed by atoms with Gasteiger partial charge in [-0.2, -0.15) is 0 Å². The van der Waals surface area contributed by atoms with Crippen LogP contribution in [0.15, 0.2) is 48.5 Å². The van der Waals surface area contributed by atoms with Crippen LogP contribution in [0.3, 0.4) is 0 Å². The molecule has 3 rings (SSSR count). The SMILES string of the molecule is C#CCC[C@H](NCC(=O)OCC1c2ccccc2-c2ccccc21)C(=O)O. The number of carbonyl (C=O) groups excluding carboxylic acids is 1. The van der Waals surface area contributed by atoms with Gasteiger partial charge in [-0.05, 0) is 28.7 Å². The van der Waals surface area contributed by atoms with Gasteiger partial charge in [0.05, 0.1) is 6.54 Å². The average molecular weight is 363 g/mol. The second kappa shape index (κ2) is 8.52. The largest absolute Gasteiger partial charge is 0.480 e. The highest BCUT2D eigenvalue weighted by atomic mass is 16.5. The molecule has 0 saturated carbocycles. The number of rotatable bonds is 8. The Labute approximate surface area is 158 Å². The van der Waals surface area contributed by atoms with Crippen molar-refractivity contribution in [2.75, 3.05) is 13.2 Å². The first kappa shape index (κ1) is 18.7. The molecule has 0 amide bonds. The maximum atomic E-state index is 12.1. The van der Waals surface area contributed by atoms with Gasteiger partial charge in [0.25, 0.3) is 0 Å². The summed E-state index contributed by atoms with van der Waals surface area (Å²) in [5.74, 6) is 0.873. The van der Waals surface area contributed by atoms with Crippen molar-refractivity contribution in [1.82, 2.24) is 5.32 Å². The van der Waals surface area contributed by atoms with Crippen molar-refractivity contribution in [3.05, 3.63) is 59.7 Å². The summed E-state index contributed by atoms with van der Waals surface area (Å²) in [4.78, 5) is 23.3. The van der Waals surface area contributed by atoms with Gasteiger partial charge in [-0.25, -0.2) is 0 Å². The van der Waals surface area contributed by atoms with Crippen LogP contribution in [0.1, 0.15) is 29.9 Å². The average Bonchev–Trinajstić information content (AvgIpc) is 3.00. The predicted molar refractivity (Wildman–Crippen MR) is 102 cm³/mol. The second-order valence-electron chi connectivity index (χ2n) is 6.42. The number of fused-ring (bicyclic) bond motifs is 3. The molecule has 5 heteroatoms. The summed E-state index contributed by atoms with van der Waals surface area (Å²) < 4.78 is 5.44. The van der Waals surface area contributed by atoms with E-state index in [0.29, 0.717) is 6.42 Å². The van der Waals surface area contributed by atoms with E-state index in [1.165, 1.54) is 0 Å². The fourth-order valence-electron chi connectivity index (χ4n) is 3.41. The maximum absolute atomic E-state index is 12.1. The summed E-state index contributed by atoms with van der Waals surface area (Å²) in [5.41, 5.74) is 4.59.